The van der Waals surface area contributed by atoms with E-state index >= 15 is 0 Å². The number of amides is 1. The summed E-state index contributed by atoms with van der Waals surface area (Å²) in [5.74, 6) is 0.777. The predicted molar refractivity (Wildman–Crippen MR) is 142 cm³/mol. The van der Waals surface area contributed by atoms with E-state index in [1.54, 1.807) is 37.7 Å². The van der Waals surface area contributed by atoms with E-state index in [4.69, 9.17) is 16.3 Å². The molecule has 1 aliphatic rings. The number of nitrogens with one attached hydrogen (secondary N) is 2. The molecule has 0 aliphatic carbocycles. The third kappa shape index (κ3) is 5.96. The van der Waals surface area contributed by atoms with Crippen LogP contribution < -0.4 is 15.4 Å². The maximum Gasteiger partial charge on any atom is 0.251 e. The fraction of sp³-hybridized carbons (Fsp3) is 0.462. The zero-order chi connectivity index (χ0) is 25.8. The minimum absolute atomic E-state index is 0.102. The van der Waals surface area contributed by atoms with E-state index in [0.29, 0.717) is 39.7 Å². The number of halogens is 1. The smallest absolute Gasteiger partial charge is 0.251 e. The third-order valence-corrected chi connectivity index (χ3v) is 6.73. The first-order valence-corrected chi connectivity index (χ1v) is 12.7. The molecule has 0 saturated carbocycles. The molecule has 3 heterocycles. The summed E-state index contributed by atoms with van der Waals surface area (Å²) < 4.78 is 7.41. The molecule has 1 amide bonds. The molecule has 1 aromatic carbocycles. The fourth-order valence-electron chi connectivity index (χ4n) is 4.26. The summed E-state index contributed by atoms with van der Waals surface area (Å²) in [4.78, 5) is 24.2. The van der Waals surface area contributed by atoms with Crippen LogP contribution in [0.3, 0.4) is 0 Å². The molecule has 2 aromatic heterocycles. The van der Waals surface area contributed by atoms with Gasteiger partial charge in [-0.3, -0.25) is 9.48 Å². The molecule has 1 aliphatic heterocycles. The number of anilines is 2. The SMILES string of the molecule is COc1cc(C(=O)NC2CCN(C(C)C)CC2)ccc1Nc1ncc(Cl)c(-c2cnn(C(C)C)c2)n1. The number of aromatic nitrogens is 4. The van der Waals surface area contributed by atoms with Gasteiger partial charge in [-0.05, 0) is 58.7 Å². The molecule has 36 heavy (non-hydrogen) atoms. The van der Waals surface area contributed by atoms with Gasteiger partial charge in [0.05, 0.1) is 35.9 Å². The van der Waals surface area contributed by atoms with Gasteiger partial charge in [-0.15, -0.1) is 0 Å². The van der Waals surface area contributed by atoms with E-state index in [1.165, 1.54) is 0 Å². The van der Waals surface area contributed by atoms with Gasteiger partial charge in [0.25, 0.3) is 5.91 Å². The van der Waals surface area contributed by atoms with Crippen LogP contribution in [0.4, 0.5) is 11.6 Å². The molecule has 2 N–H and O–H groups in total. The van der Waals surface area contributed by atoms with Gasteiger partial charge in [-0.25, -0.2) is 9.97 Å². The number of hydrogen-bond donors (Lipinski definition) is 2. The average Bonchev–Trinajstić information content (AvgIpc) is 3.36. The highest BCUT2D eigenvalue weighted by Crippen LogP contribution is 2.31. The molecular weight excluding hydrogens is 478 g/mol. The summed E-state index contributed by atoms with van der Waals surface area (Å²) in [7, 11) is 1.57. The Morgan fingerprint density at radius 2 is 1.89 bits per heavy atom. The topological polar surface area (TPSA) is 97.2 Å². The highest BCUT2D eigenvalue weighted by Gasteiger charge is 2.23. The van der Waals surface area contributed by atoms with E-state index < -0.39 is 0 Å². The maximum atomic E-state index is 12.9. The van der Waals surface area contributed by atoms with Crippen LogP contribution in [-0.4, -0.2) is 62.8 Å². The summed E-state index contributed by atoms with van der Waals surface area (Å²) in [6.45, 7) is 10.5. The summed E-state index contributed by atoms with van der Waals surface area (Å²) in [6, 6.07) is 6.23. The number of nitrogens with zero attached hydrogens (tertiary/aromatic N) is 5. The Morgan fingerprint density at radius 1 is 1.14 bits per heavy atom. The molecule has 0 spiro atoms. The zero-order valence-electron chi connectivity index (χ0n) is 21.5. The molecule has 10 heteroatoms. The van der Waals surface area contributed by atoms with Crippen molar-refractivity contribution in [2.45, 2.75) is 58.7 Å². The molecule has 3 aromatic rings. The molecule has 192 valence electrons. The van der Waals surface area contributed by atoms with Crippen molar-refractivity contribution in [2.75, 3.05) is 25.5 Å². The molecule has 0 atom stereocenters. The quantitative estimate of drug-likeness (QED) is 0.442. The lowest BCUT2D eigenvalue weighted by atomic mass is 10.0. The number of ether oxygens (including phenoxy) is 1. The monoisotopic (exact) mass is 511 g/mol. The Labute approximate surface area is 217 Å². The van der Waals surface area contributed by atoms with Gasteiger partial charge in [0.2, 0.25) is 5.95 Å². The maximum absolute atomic E-state index is 12.9. The molecule has 1 saturated heterocycles. The summed E-state index contributed by atoms with van der Waals surface area (Å²) in [5, 5.41) is 11.2. The number of rotatable bonds is 8. The Hall–Kier alpha value is -3.17. The van der Waals surface area contributed by atoms with Gasteiger partial charge in [-0.1, -0.05) is 11.6 Å². The predicted octanol–water partition coefficient (Wildman–Crippen LogP) is 4.93. The van der Waals surface area contributed by atoms with Crippen molar-refractivity contribution in [1.82, 2.24) is 30.0 Å². The first kappa shape index (κ1) is 25.9. The Bertz CT molecular complexity index is 1200. The van der Waals surface area contributed by atoms with Crippen LogP contribution in [0.2, 0.25) is 5.02 Å². The van der Waals surface area contributed by atoms with Crippen molar-refractivity contribution in [1.29, 1.82) is 0 Å². The first-order valence-electron chi connectivity index (χ1n) is 12.3. The van der Waals surface area contributed by atoms with Crippen LogP contribution >= 0.6 is 11.6 Å². The second-order valence-electron chi connectivity index (χ2n) is 9.61. The van der Waals surface area contributed by atoms with E-state index in [-0.39, 0.29) is 18.0 Å². The summed E-state index contributed by atoms with van der Waals surface area (Å²) in [5.41, 5.74) is 2.57. The number of piperidine rings is 1. The van der Waals surface area contributed by atoms with Crippen LogP contribution in [0.25, 0.3) is 11.3 Å². The van der Waals surface area contributed by atoms with Crippen LogP contribution in [0.1, 0.15) is 56.9 Å². The minimum atomic E-state index is -0.102. The number of likely N-dealkylation sites (tertiary alicyclic amines) is 1. The zero-order valence-corrected chi connectivity index (χ0v) is 22.2. The average molecular weight is 512 g/mol. The molecule has 0 unspecified atom stereocenters. The van der Waals surface area contributed by atoms with E-state index in [9.17, 15) is 4.79 Å². The Morgan fingerprint density at radius 3 is 2.53 bits per heavy atom. The lowest BCUT2D eigenvalue weighted by molar-refractivity contribution is 0.0900. The molecule has 4 rings (SSSR count). The number of benzene rings is 1. The van der Waals surface area contributed by atoms with Crippen LogP contribution in [0.5, 0.6) is 5.75 Å². The molecular formula is C26H34ClN7O2. The van der Waals surface area contributed by atoms with E-state index in [1.807, 2.05) is 10.9 Å². The Balaban J connectivity index is 1.47. The van der Waals surface area contributed by atoms with Crippen molar-refractivity contribution in [3.63, 3.8) is 0 Å². The minimum Gasteiger partial charge on any atom is -0.495 e. The van der Waals surface area contributed by atoms with Crippen LogP contribution in [0.15, 0.2) is 36.8 Å². The fourth-order valence-corrected chi connectivity index (χ4v) is 4.46. The van der Waals surface area contributed by atoms with Crippen LogP contribution in [-0.2, 0) is 0 Å². The van der Waals surface area contributed by atoms with Crippen molar-refractivity contribution in [3.8, 4) is 17.0 Å². The van der Waals surface area contributed by atoms with Gasteiger partial charge >= 0.3 is 0 Å². The highest BCUT2D eigenvalue weighted by atomic mass is 35.5. The van der Waals surface area contributed by atoms with E-state index in [2.05, 4.69) is 58.3 Å². The first-order chi connectivity index (χ1) is 17.2. The second-order valence-corrected chi connectivity index (χ2v) is 10.0. The molecule has 0 bridgehead atoms. The van der Waals surface area contributed by atoms with Gasteiger partial charge in [0.15, 0.2) is 0 Å². The third-order valence-electron chi connectivity index (χ3n) is 6.45. The van der Waals surface area contributed by atoms with Crippen molar-refractivity contribution >= 4 is 29.1 Å². The van der Waals surface area contributed by atoms with Gasteiger partial charge in [0, 0.05) is 48.5 Å². The Kier molecular flexibility index (Phi) is 8.11. The normalized spacial score (nSPS) is 14.9. The summed E-state index contributed by atoms with van der Waals surface area (Å²) >= 11 is 6.38. The largest absolute Gasteiger partial charge is 0.495 e. The lowest BCUT2D eigenvalue weighted by Gasteiger charge is -2.34. The summed E-state index contributed by atoms with van der Waals surface area (Å²) in [6.07, 6.45) is 7.10. The number of hydrogen-bond acceptors (Lipinski definition) is 7. The number of carbonyl (C=O) groups is 1. The van der Waals surface area contributed by atoms with Crippen molar-refractivity contribution in [2.24, 2.45) is 0 Å². The van der Waals surface area contributed by atoms with Gasteiger partial charge in [-0.2, -0.15) is 5.10 Å². The van der Waals surface area contributed by atoms with Gasteiger partial charge < -0.3 is 20.3 Å². The standard InChI is InChI=1S/C26H34ClN7O2/c1-16(2)33-10-8-20(9-11-33)30-25(35)18-6-7-22(23(12-18)36-5)31-26-28-14-21(27)24(32-26)19-13-29-34(15-19)17(3)4/h6-7,12-17,20H,8-11H2,1-5H3,(H,30,35)(H,28,31,32). The van der Waals surface area contributed by atoms with Crippen molar-refractivity contribution in [3.05, 3.63) is 47.4 Å². The van der Waals surface area contributed by atoms with E-state index in [0.717, 1.165) is 31.5 Å². The van der Waals surface area contributed by atoms with Crippen molar-refractivity contribution < 1.29 is 9.53 Å². The number of carbonyl (C=O) groups excluding carboxylic acids is 1. The van der Waals surface area contributed by atoms with Crippen LogP contribution in [0, 0.1) is 0 Å². The molecule has 1 fully saturated rings. The lowest BCUT2D eigenvalue weighted by Crippen LogP contribution is -2.46. The van der Waals surface area contributed by atoms with Gasteiger partial charge in [0.1, 0.15) is 5.75 Å². The highest BCUT2D eigenvalue weighted by molar-refractivity contribution is 6.32. The second kappa shape index (κ2) is 11.3. The molecule has 0 radical (unpaired) electrons. The molecule has 9 nitrogen and oxygen atoms in total. The number of methoxy groups -OCH3 is 1.